The van der Waals surface area contributed by atoms with Crippen molar-refractivity contribution < 1.29 is 22.7 Å². The lowest BCUT2D eigenvalue weighted by Gasteiger charge is -2.45. The minimum atomic E-state index is -4.50. The predicted octanol–water partition coefficient (Wildman–Crippen LogP) is 7.13. The summed E-state index contributed by atoms with van der Waals surface area (Å²) in [6.07, 6.45) is 1.17. The Morgan fingerprint density at radius 3 is 2.33 bits per heavy atom. The fourth-order valence-electron chi connectivity index (χ4n) is 5.63. The summed E-state index contributed by atoms with van der Waals surface area (Å²) in [6.45, 7) is 15.1. The molecule has 4 aromatic rings. The predicted molar refractivity (Wildman–Crippen MR) is 163 cm³/mol. The van der Waals surface area contributed by atoms with Crippen LogP contribution < -0.4 is 4.74 Å². The highest BCUT2D eigenvalue weighted by atomic mass is 19.4. The van der Waals surface area contributed by atoms with E-state index in [2.05, 4.69) is 53.3 Å². The highest BCUT2D eigenvalue weighted by Crippen LogP contribution is 2.36. The van der Waals surface area contributed by atoms with E-state index in [4.69, 9.17) is 4.74 Å². The van der Waals surface area contributed by atoms with Gasteiger partial charge >= 0.3 is 6.18 Å². The van der Waals surface area contributed by atoms with Crippen molar-refractivity contribution >= 4 is 5.91 Å². The van der Waals surface area contributed by atoms with Gasteiger partial charge in [0.2, 0.25) is 0 Å². The maximum Gasteiger partial charge on any atom is 0.417 e. The Morgan fingerprint density at radius 1 is 1.04 bits per heavy atom. The summed E-state index contributed by atoms with van der Waals surface area (Å²) in [4.78, 5) is 20.0. The van der Waals surface area contributed by atoms with Crippen molar-refractivity contribution in [3.63, 3.8) is 0 Å². The zero-order valence-corrected chi connectivity index (χ0v) is 26.8. The van der Waals surface area contributed by atoms with Crippen molar-refractivity contribution in [2.24, 2.45) is 0 Å². The molecule has 0 aliphatic carbocycles. The third-order valence-electron chi connectivity index (χ3n) is 8.37. The molecule has 1 unspecified atom stereocenters. The topological polar surface area (TPSA) is 91.0 Å². The van der Waals surface area contributed by atoms with Crippen molar-refractivity contribution in [3.05, 3.63) is 83.1 Å². The molecule has 1 aromatic carbocycles. The van der Waals surface area contributed by atoms with Gasteiger partial charge in [-0.05, 0) is 67.9 Å². The third-order valence-corrected chi connectivity index (χ3v) is 8.37. The van der Waals surface area contributed by atoms with Crippen LogP contribution in [0.2, 0.25) is 0 Å². The van der Waals surface area contributed by atoms with E-state index in [1.54, 1.807) is 4.68 Å². The van der Waals surface area contributed by atoms with Crippen LogP contribution in [0.1, 0.15) is 106 Å². The summed E-state index contributed by atoms with van der Waals surface area (Å²) in [5.41, 5.74) is 1.66. The van der Waals surface area contributed by atoms with Crippen molar-refractivity contribution in [1.29, 1.82) is 0 Å². The van der Waals surface area contributed by atoms with E-state index in [1.165, 1.54) is 22.5 Å². The summed E-state index contributed by atoms with van der Waals surface area (Å²) in [5, 5.41) is 13.1. The molecule has 0 N–H and O–H groups in total. The largest absolute Gasteiger partial charge is 0.487 e. The molecule has 1 amide bonds. The quantitative estimate of drug-likeness (QED) is 0.218. The molecular formula is C33H40F3N7O2. The van der Waals surface area contributed by atoms with Gasteiger partial charge in [-0.2, -0.15) is 18.3 Å². The van der Waals surface area contributed by atoms with Crippen LogP contribution in [0.5, 0.6) is 5.75 Å². The molecule has 0 bridgehead atoms. The van der Waals surface area contributed by atoms with Crippen molar-refractivity contribution in [2.75, 3.05) is 6.54 Å². The number of alkyl halides is 3. The second-order valence-corrected chi connectivity index (χ2v) is 13.6. The Morgan fingerprint density at radius 2 is 1.73 bits per heavy atom. The molecule has 0 spiro atoms. The zero-order chi connectivity index (χ0) is 32.7. The maximum absolute atomic E-state index is 14.1. The van der Waals surface area contributed by atoms with Crippen LogP contribution >= 0.6 is 0 Å². The highest BCUT2D eigenvalue weighted by molar-refractivity contribution is 5.96. The first-order valence-electron chi connectivity index (χ1n) is 15.1. The Bertz CT molecular complexity index is 1630. The second-order valence-electron chi connectivity index (χ2n) is 13.6. The fraction of sp³-hybridized carbons (Fsp3) is 0.485. The van der Waals surface area contributed by atoms with E-state index in [9.17, 15) is 18.0 Å². The van der Waals surface area contributed by atoms with E-state index >= 15 is 0 Å². The van der Waals surface area contributed by atoms with Gasteiger partial charge < -0.3 is 9.64 Å². The first-order chi connectivity index (χ1) is 21.0. The van der Waals surface area contributed by atoms with E-state index < -0.39 is 17.3 Å². The first kappa shape index (κ1) is 32.2. The van der Waals surface area contributed by atoms with Crippen molar-refractivity contribution in [1.82, 2.24) is 34.7 Å². The summed E-state index contributed by atoms with van der Waals surface area (Å²) in [6, 6.07) is 10.2. The molecule has 9 nitrogen and oxygen atoms in total. The van der Waals surface area contributed by atoms with Gasteiger partial charge in [0, 0.05) is 18.3 Å². The molecule has 3 aromatic heterocycles. The van der Waals surface area contributed by atoms with Gasteiger partial charge in [-0.1, -0.05) is 52.0 Å². The second kappa shape index (κ2) is 11.9. The lowest BCUT2D eigenvalue weighted by molar-refractivity contribution is -0.137. The lowest BCUT2D eigenvalue weighted by atomic mass is 9.87. The number of pyridine rings is 1. The summed E-state index contributed by atoms with van der Waals surface area (Å²) in [7, 11) is 0. The molecule has 1 aliphatic heterocycles. The van der Waals surface area contributed by atoms with Gasteiger partial charge in [0.25, 0.3) is 5.91 Å². The van der Waals surface area contributed by atoms with Gasteiger partial charge in [-0.25, -0.2) is 14.3 Å². The molecule has 4 heterocycles. The smallest absolute Gasteiger partial charge is 0.417 e. The number of halogens is 3. The number of rotatable bonds is 7. The minimum absolute atomic E-state index is 0.0607. The molecular weight excluding hydrogens is 583 g/mol. The molecule has 5 rings (SSSR count). The van der Waals surface area contributed by atoms with Crippen molar-refractivity contribution in [2.45, 2.75) is 97.0 Å². The Kier molecular flexibility index (Phi) is 8.54. The average molecular weight is 624 g/mol. The van der Waals surface area contributed by atoms with Crippen molar-refractivity contribution in [3.8, 4) is 11.6 Å². The van der Waals surface area contributed by atoms with Crippen LogP contribution in [-0.4, -0.2) is 52.6 Å². The number of amides is 1. The molecule has 1 saturated heterocycles. The number of piperidine rings is 1. The number of aromatic nitrogens is 6. The van der Waals surface area contributed by atoms with Gasteiger partial charge in [-0.15, -0.1) is 5.10 Å². The van der Waals surface area contributed by atoms with Gasteiger partial charge in [0.05, 0.1) is 35.3 Å². The van der Waals surface area contributed by atoms with Crippen LogP contribution in [0.25, 0.3) is 5.82 Å². The Labute approximate surface area is 261 Å². The number of carbonyl (C=O) groups excluding carboxylic acids is 1. The summed E-state index contributed by atoms with van der Waals surface area (Å²) in [5.74, 6) is 0.612. The number of nitrogens with zero attached hydrogens (tertiary/aromatic N) is 7. The number of ether oxygens (including phenoxy) is 1. The SMILES string of the molecule is CC(C)c1c(C(=O)N2CC(n3cc(COc4ccc(C(C)(C)C)cc4)nn3)CCC2(C)C)cnn1-c1ccc(C(F)(F)F)cn1. The zero-order valence-electron chi connectivity index (χ0n) is 26.8. The van der Waals surface area contributed by atoms with Crippen LogP contribution in [0.15, 0.2) is 55.0 Å². The molecule has 0 saturated carbocycles. The van der Waals surface area contributed by atoms with Gasteiger partial charge in [0.15, 0.2) is 5.82 Å². The average Bonchev–Trinajstić information content (AvgIpc) is 3.63. The molecule has 240 valence electrons. The number of hydrogen-bond acceptors (Lipinski definition) is 6. The Balaban J connectivity index is 1.32. The van der Waals surface area contributed by atoms with Crippen LogP contribution in [-0.2, 0) is 18.2 Å². The molecule has 0 radical (unpaired) electrons. The maximum atomic E-state index is 14.1. The summed E-state index contributed by atoms with van der Waals surface area (Å²) >= 11 is 0. The van der Waals surface area contributed by atoms with Gasteiger partial charge in [0.1, 0.15) is 18.1 Å². The number of carbonyl (C=O) groups is 1. The molecule has 45 heavy (non-hydrogen) atoms. The van der Waals surface area contributed by atoms with E-state index in [0.29, 0.717) is 23.5 Å². The van der Waals surface area contributed by atoms with E-state index in [-0.39, 0.29) is 35.7 Å². The highest BCUT2D eigenvalue weighted by Gasteiger charge is 2.40. The number of hydrogen-bond donors (Lipinski definition) is 0. The fourth-order valence-corrected chi connectivity index (χ4v) is 5.63. The standard InChI is InChI=1S/C33H40F3N7O2/c1-21(2)29-27(17-38-43(29)28-13-10-23(16-37-28)33(34,35)36)30(44)41-19-25(14-15-32(41,6)7)42-18-24(39-40-42)20-45-26-11-8-22(9-12-26)31(3,4)5/h8-13,16-18,21,25H,14-15,19-20H2,1-7H3. The van der Waals surface area contributed by atoms with Crippen LogP contribution in [0.3, 0.4) is 0 Å². The van der Waals surface area contributed by atoms with Crippen LogP contribution in [0.4, 0.5) is 13.2 Å². The normalized spacial score (nSPS) is 17.1. The van der Waals surface area contributed by atoms with Gasteiger partial charge in [-0.3, -0.25) is 4.79 Å². The third kappa shape index (κ3) is 6.89. The molecule has 12 heteroatoms. The lowest BCUT2D eigenvalue weighted by Crippen LogP contribution is -2.53. The monoisotopic (exact) mass is 623 g/mol. The summed E-state index contributed by atoms with van der Waals surface area (Å²) < 4.78 is 48.5. The first-order valence-corrected chi connectivity index (χ1v) is 15.1. The number of benzene rings is 1. The molecule has 1 fully saturated rings. The van der Waals surface area contributed by atoms with Crippen LogP contribution in [0, 0.1) is 0 Å². The minimum Gasteiger partial charge on any atom is -0.487 e. The number of likely N-dealkylation sites (tertiary alicyclic amines) is 1. The van der Waals surface area contributed by atoms with E-state index in [1.807, 2.05) is 50.9 Å². The Hall–Kier alpha value is -4.22. The molecule has 1 aliphatic rings. The molecule has 1 atom stereocenters. The van der Waals surface area contributed by atoms with E-state index in [0.717, 1.165) is 30.9 Å².